The number of pyridine rings is 1. The van der Waals surface area contributed by atoms with Gasteiger partial charge in [0.1, 0.15) is 11.6 Å². The van der Waals surface area contributed by atoms with E-state index in [-0.39, 0.29) is 12.6 Å². The van der Waals surface area contributed by atoms with Crippen LogP contribution < -0.4 is 9.80 Å². The van der Waals surface area contributed by atoms with Gasteiger partial charge in [0.05, 0.1) is 11.7 Å². The minimum Gasteiger partial charge on any atom is -0.396 e. The van der Waals surface area contributed by atoms with Crippen LogP contribution in [-0.2, 0) is 6.42 Å². The Morgan fingerprint density at radius 2 is 1.80 bits per heavy atom. The van der Waals surface area contributed by atoms with Crippen LogP contribution in [0.15, 0.2) is 36.8 Å². The maximum absolute atomic E-state index is 9.31. The Bertz CT molecular complexity index is 1050. The summed E-state index contributed by atoms with van der Waals surface area (Å²) in [4.78, 5) is 27.3. The van der Waals surface area contributed by atoms with Gasteiger partial charge in [-0.3, -0.25) is 0 Å². The van der Waals surface area contributed by atoms with Crippen molar-refractivity contribution in [1.82, 2.24) is 24.9 Å². The number of anilines is 2. The molecule has 8 nitrogen and oxygen atoms in total. The first kappa shape index (κ1) is 18.9. The average molecular weight is 403 g/mol. The molecule has 0 aliphatic carbocycles. The van der Waals surface area contributed by atoms with Gasteiger partial charge in [-0.1, -0.05) is 0 Å². The Hall–Kier alpha value is -3.13. The Balaban J connectivity index is 1.41. The lowest BCUT2D eigenvalue weighted by atomic mass is 9.99. The van der Waals surface area contributed by atoms with Gasteiger partial charge < -0.3 is 14.9 Å². The van der Waals surface area contributed by atoms with Gasteiger partial charge in [-0.05, 0) is 37.6 Å². The zero-order valence-corrected chi connectivity index (χ0v) is 17.2. The summed E-state index contributed by atoms with van der Waals surface area (Å²) in [5, 5.41) is 9.31. The first-order chi connectivity index (χ1) is 14.6. The topological polar surface area (TPSA) is 91.2 Å². The van der Waals surface area contributed by atoms with Crippen molar-refractivity contribution in [2.75, 3.05) is 36.0 Å². The van der Waals surface area contributed by atoms with E-state index >= 15 is 0 Å². The molecule has 0 saturated carbocycles. The summed E-state index contributed by atoms with van der Waals surface area (Å²) in [6.45, 7) is 7.09. The molecule has 1 atom stereocenters. The lowest BCUT2D eigenvalue weighted by molar-refractivity contribution is 0.200. The number of rotatable bonds is 4. The number of aliphatic hydroxyl groups excluding tert-OH is 1. The summed E-state index contributed by atoms with van der Waals surface area (Å²) in [5.74, 6) is 3.45. The standard InChI is InChI=1S/C22H25N7O/c1-14-8-19(28-11-16(12-28)13-30)27-20(9-14)29-7-4-18-17(15(29)2)10-25-22(26-18)21-23-5-3-6-24-21/h3,5-6,8-10,15-16,30H,4,7,11-13H2,1-2H3. The van der Waals surface area contributed by atoms with Crippen LogP contribution in [0.3, 0.4) is 0 Å². The number of aryl methyl sites for hydroxylation is 1. The Labute approximate surface area is 175 Å². The molecule has 1 N–H and O–H groups in total. The van der Waals surface area contributed by atoms with E-state index in [1.165, 1.54) is 5.56 Å². The van der Waals surface area contributed by atoms with Crippen molar-refractivity contribution in [3.8, 4) is 11.6 Å². The van der Waals surface area contributed by atoms with Gasteiger partial charge in [0.15, 0.2) is 11.6 Å². The third-order valence-electron chi connectivity index (χ3n) is 5.95. The van der Waals surface area contributed by atoms with Crippen molar-refractivity contribution in [2.24, 2.45) is 5.92 Å². The van der Waals surface area contributed by atoms with Crippen molar-refractivity contribution < 1.29 is 5.11 Å². The number of hydrogen-bond donors (Lipinski definition) is 1. The molecular weight excluding hydrogens is 378 g/mol. The molecule has 5 rings (SSSR count). The van der Waals surface area contributed by atoms with Gasteiger partial charge in [0.2, 0.25) is 0 Å². The second-order valence-corrected chi connectivity index (χ2v) is 8.10. The Kier molecular flexibility index (Phi) is 4.78. The monoisotopic (exact) mass is 403 g/mol. The minimum absolute atomic E-state index is 0.128. The molecule has 0 radical (unpaired) electrons. The number of fused-ring (bicyclic) bond motifs is 1. The van der Waals surface area contributed by atoms with E-state index in [0.29, 0.717) is 17.6 Å². The van der Waals surface area contributed by atoms with Crippen LogP contribution in [0, 0.1) is 12.8 Å². The van der Waals surface area contributed by atoms with Crippen LogP contribution >= 0.6 is 0 Å². The maximum Gasteiger partial charge on any atom is 0.197 e. The highest BCUT2D eigenvalue weighted by atomic mass is 16.3. The predicted octanol–water partition coefficient (Wildman–Crippen LogP) is 2.19. The Morgan fingerprint density at radius 1 is 1.03 bits per heavy atom. The fourth-order valence-corrected chi connectivity index (χ4v) is 4.21. The zero-order chi connectivity index (χ0) is 20.7. The number of aromatic nitrogens is 5. The van der Waals surface area contributed by atoms with Crippen LogP contribution in [0.25, 0.3) is 11.6 Å². The molecule has 1 fully saturated rings. The quantitative estimate of drug-likeness (QED) is 0.709. The Morgan fingerprint density at radius 3 is 2.57 bits per heavy atom. The van der Waals surface area contributed by atoms with E-state index in [0.717, 1.165) is 48.9 Å². The fourth-order valence-electron chi connectivity index (χ4n) is 4.21. The molecule has 0 bridgehead atoms. The summed E-state index contributed by atoms with van der Waals surface area (Å²) >= 11 is 0. The van der Waals surface area contributed by atoms with Crippen LogP contribution in [0.2, 0.25) is 0 Å². The smallest absolute Gasteiger partial charge is 0.197 e. The fraction of sp³-hybridized carbons (Fsp3) is 0.409. The van der Waals surface area contributed by atoms with Gasteiger partial charge in [-0.2, -0.15) is 0 Å². The second kappa shape index (κ2) is 7.60. The van der Waals surface area contributed by atoms with Gasteiger partial charge in [-0.15, -0.1) is 0 Å². The van der Waals surface area contributed by atoms with Crippen molar-refractivity contribution in [1.29, 1.82) is 0 Å². The molecule has 1 saturated heterocycles. The summed E-state index contributed by atoms with van der Waals surface area (Å²) in [7, 11) is 0. The zero-order valence-electron chi connectivity index (χ0n) is 17.2. The van der Waals surface area contributed by atoms with Gasteiger partial charge in [0.25, 0.3) is 0 Å². The highest BCUT2D eigenvalue weighted by Crippen LogP contribution is 2.34. The molecule has 2 aliphatic heterocycles. The SMILES string of the molecule is Cc1cc(N2CC(CO)C2)nc(N2CCc3nc(-c4ncccn4)ncc3C2C)c1. The molecule has 2 aliphatic rings. The highest BCUT2D eigenvalue weighted by molar-refractivity contribution is 5.55. The normalized spacial score (nSPS) is 18.8. The van der Waals surface area contributed by atoms with E-state index in [4.69, 9.17) is 9.97 Å². The summed E-state index contributed by atoms with van der Waals surface area (Å²) in [5.41, 5.74) is 3.36. The maximum atomic E-state index is 9.31. The van der Waals surface area contributed by atoms with Crippen LogP contribution in [0.5, 0.6) is 0 Å². The van der Waals surface area contributed by atoms with E-state index in [1.54, 1.807) is 18.5 Å². The van der Waals surface area contributed by atoms with E-state index in [9.17, 15) is 5.11 Å². The van der Waals surface area contributed by atoms with Gasteiger partial charge in [-0.25, -0.2) is 24.9 Å². The predicted molar refractivity (Wildman–Crippen MR) is 114 cm³/mol. The minimum atomic E-state index is 0.128. The summed E-state index contributed by atoms with van der Waals surface area (Å²) in [6, 6.07) is 6.17. The first-order valence-corrected chi connectivity index (χ1v) is 10.4. The summed E-state index contributed by atoms with van der Waals surface area (Å²) in [6.07, 6.45) is 6.14. The largest absolute Gasteiger partial charge is 0.396 e. The molecule has 1 unspecified atom stereocenters. The third-order valence-corrected chi connectivity index (χ3v) is 5.95. The number of aliphatic hydroxyl groups is 1. The lowest BCUT2D eigenvalue weighted by Gasteiger charge is -2.40. The van der Waals surface area contributed by atoms with Crippen LogP contribution in [-0.4, -0.2) is 56.3 Å². The molecule has 3 aromatic rings. The van der Waals surface area contributed by atoms with Crippen LogP contribution in [0.4, 0.5) is 11.6 Å². The molecule has 3 aromatic heterocycles. The number of hydrogen-bond acceptors (Lipinski definition) is 8. The molecule has 30 heavy (non-hydrogen) atoms. The van der Waals surface area contributed by atoms with E-state index < -0.39 is 0 Å². The van der Waals surface area contributed by atoms with E-state index in [1.807, 2.05) is 6.20 Å². The van der Waals surface area contributed by atoms with Crippen LogP contribution in [0.1, 0.15) is 29.8 Å². The molecular formula is C22H25N7O. The molecule has 154 valence electrons. The number of nitrogens with zero attached hydrogens (tertiary/aromatic N) is 7. The summed E-state index contributed by atoms with van der Waals surface area (Å²) < 4.78 is 0. The van der Waals surface area contributed by atoms with Crippen molar-refractivity contribution >= 4 is 11.6 Å². The lowest BCUT2D eigenvalue weighted by Crippen LogP contribution is -2.49. The molecule has 8 heteroatoms. The highest BCUT2D eigenvalue weighted by Gasteiger charge is 2.30. The molecule has 5 heterocycles. The molecule has 0 amide bonds. The van der Waals surface area contributed by atoms with Gasteiger partial charge in [0, 0.05) is 62.7 Å². The first-order valence-electron chi connectivity index (χ1n) is 10.4. The van der Waals surface area contributed by atoms with Gasteiger partial charge >= 0.3 is 0 Å². The van der Waals surface area contributed by atoms with Crippen molar-refractivity contribution in [3.63, 3.8) is 0 Å². The average Bonchev–Trinajstić information content (AvgIpc) is 2.73. The second-order valence-electron chi connectivity index (χ2n) is 8.10. The van der Waals surface area contributed by atoms with Crippen molar-refractivity contribution in [2.45, 2.75) is 26.3 Å². The third kappa shape index (κ3) is 3.37. The van der Waals surface area contributed by atoms with Crippen molar-refractivity contribution in [3.05, 3.63) is 53.6 Å². The molecule has 0 spiro atoms. The molecule has 0 aromatic carbocycles. The van der Waals surface area contributed by atoms with E-state index in [2.05, 4.69) is 50.7 Å².